The molecule has 8 heteroatoms. The van der Waals surface area contributed by atoms with E-state index in [-0.39, 0.29) is 16.9 Å². The van der Waals surface area contributed by atoms with Gasteiger partial charge in [0.05, 0.1) is 0 Å². The summed E-state index contributed by atoms with van der Waals surface area (Å²) in [6.45, 7) is 7.06. The fourth-order valence-corrected chi connectivity index (χ4v) is 21.2. The van der Waals surface area contributed by atoms with E-state index in [0.29, 0.717) is 32.6 Å². The summed E-state index contributed by atoms with van der Waals surface area (Å²) in [5.74, 6) is 2.75. The number of hydrogen-bond acceptors (Lipinski definition) is 1. The number of unbranched alkanes of at least 4 members (excludes halogenated alkanes) is 3. The number of allylic oxidation sites excluding steroid dienone is 2. The number of alkyl halides is 6. The second kappa shape index (κ2) is 13.6. The van der Waals surface area contributed by atoms with Crippen molar-refractivity contribution in [1.29, 1.82) is 0 Å². The summed E-state index contributed by atoms with van der Waals surface area (Å²) in [7, 11) is 0. The Kier molecular flexibility index (Phi) is 12.2. The summed E-state index contributed by atoms with van der Waals surface area (Å²) in [5, 5.41) is 0. The molecular weight excluding hydrogens is 561 g/mol. The first-order valence-electron chi connectivity index (χ1n) is 11.8. The van der Waals surface area contributed by atoms with Crippen molar-refractivity contribution in [3.63, 3.8) is 0 Å². The second-order valence-electron chi connectivity index (χ2n) is 8.72. The number of Topliss-reactive ketones (excluding diaryl/α,β-unsaturated/α-hetero) is 1. The van der Waals surface area contributed by atoms with E-state index >= 15 is 0 Å². The zero-order valence-corrected chi connectivity index (χ0v) is 23.2. The van der Waals surface area contributed by atoms with Gasteiger partial charge in [-0.05, 0) is 0 Å². The third-order valence-electron chi connectivity index (χ3n) is 6.00. The first-order valence-corrected chi connectivity index (χ1v) is 19.3. The molecule has 0 aliphatic heterocycles. The molecule has 0 radical (unpaired) electrons. The SMILES string of the molecule is CCC[CH2][Sn]([CH2]CCC)([CH2]CCC)/[C](=C(\C#CC(F)(F)F)c1ccc(C(C)=O)cc1)C(F)(F)F. The Morgan fingerprint density at radius 3 is 1.53 bits per heavy atom. The number of benzene rings is 1. The number of carbonyl (C=O) groups is 1. The molecule has 1 aromatic rings. The molecule has 0 heterocycles. The van der Waals surface area contributed by atoms with E-state index in [1.165, 1.54) is 31.2 Å². The quantitative estimate of drug-likeness (QED) is 0.102. The molecule has 0 saturated carbocycles. The number of rotatable bonds is 12. The molecule has 1 rings (SSSR count). The zero-order chi connectivity index (χ0) is 26.0. The van der Waals surface area contributed by atoms with Crippen molar-refractivity contribution < 1.29 is 31.1 Å². The Hall–Kier alpha value is -1.43. The molecule has 0 aliphatic carbocycles. The van der Waals surface area contributed by atoms with Crippen LogP contribution >= 0.6 is 0 Å². The molecule has 0 aliphatic rings. The van der Waals surface area contributed by atoms with Gasteiger partial charge in [0.2, 0.25) is 0 Å². The summed E-state index contributed by atoms with van der Waals surface area (Å²) in [4.78, 5) is 11.6. The van der Waals surface area contributed by atoms with Crippen LogP contribution in [0.3, 0.4) is 0 Å². The van der Waals surface area contributed by atoms with E-state index < -0.39 is 39.9 Å². The van der Waals surface area contributed by atoms with E-state index in [0.717, 1.165) is 25.2 Å². The first kappa shape index (κ1) is 30.6. The van der Waals surface area contributed by atoms with Gasteiger partial charge in [-0.15, -0.1) is 0 Å². The van der Waals surface area contributed by atoms with Gasteiger partial charge in [0.1, 0.15) is 0 Å². The Balaban J connectivity index is 4.07. The van der Waals surface area contributed by atoms with Crippen molar-refractivity contribution in [1.82, 2.24) is 0 Å². The zero-order valence-electron chi connectivity index (χ0n) is 20.3. The predicted octanol–water partition coefficient (Wildman–Crippen LogP) is 9.16. The van der Waals surface area contributed by atoms with Crippen LogP contribution in [-0.2, 0) is 0 Å². The summed E-state index contributed by atoms with van der Waals surface area (Å²) in [5.41, 5.74) is -0.295. The Bertz CT molecular complexity index is 863. The number of carbonyl (C=O) groups excluding carboxylic acids is 1. The third-order valence-corrected chi connectivity index (χ3v) is 21.8. The number of halogens is 6. The van der Waals surface area contributed by atoms with Gasteiger partial charge in [0, 0.05) is 0 Å². The van der Waals surface area contributed by atoms with Crippen molar-refractivity contribution in [2.24, 2.45) is 0 Å². The molecule has 0 atom stereocenters. The van der Waals surface area contributed by atoms with Gasteiger partial charge in [-0.3, -0.25) is 0 Å². The van der Waals surface area contributed by atoms with Crippen molar-refractivity contribution in [2.45, 2.75) is 91.9 Å². The fraction of sp³-hybridized carbons (Fsp3) is 0.577. The molecule has 1 aromatic carbocycles. The van der Waals surface area contributed by atoms with Gasteiger partial charge >= 0.3 is 204 Å². The van der Waals surface area contributed by atoms with Crippen molar-refractivity contribution >= 4 is 29.7 Å². The number of hydrogen-bond donors (Lipinski definition) is 0. The van der Waals surface area contributed by atoms with Crippen LogP contribution in [0.15, 0.2) is 27.9 Å². The van der Waals surface area contributed by atoms with Gasteiger partial charge in [0.25, 0.3) is 0 Å². The molecule has 0 amide bonds. The monoisotopic (exact) mass is 596 g/mol. The van der Waals surface area contributed by atoms with Crippen LogP contribution < -0.4 is 0 Å². The minimum absolute atomic E-state index is 0.0142. The van der Waals surface area contributed by atoms with Gasteiger partial charge in [-0.1, -0.05) is 0 Å². The standard InChI is InChI=1S/C14H7F6O.3C4H9.Sn/c1-9(21)10-2-4-11(5-3-10)12(8-14(18,19)20)6-7-13(15,16)17;3*1-3-4-2;/h2-5H,1H3;3*1,3-4H2,2H3;. The molecule has 34 heavy (non-hydrogen) atoms. The average Bonchev–Trinajstić information content (AvgIpc) is 2.75. The number of ketones is 1. The van der Waals surface area contributed by atoms with Crippen LogP contribution in [0.5, 0.6) is 0 Å². The Morgan fingerprint density at radius 2 is 1.21 bits per heavy atom. The fourth-order valence-electron chi connectivity index (χ4n) is 4.29. The maximum absolute atomic E-state index is 14.9. The van der Waals surface area contributed by atoms with Crippen LogP contribution in [0, 0.1) is 11.8 Å². The van der Waals surface area contributed by atoms with Crippen LogP contribution in [0.4, 0.5) is 26.3 Å². The molecule has 0 saturated heterocycles. The summed E-state index contributed by atoms with van der Waals surface area (Å²) in [6.07, 6.45) is -5.68. The van der Waals surface area contributed by atoms with Gasteiger partial charge in [-0.2, -0.15) is 0 Å². The van der Waals surface area contributed by atoms with Crippen LogP contribution in [0.2, 0.25) is 13.3 Å². The summed E-state index contributed by atoms with van der Waals surface area (Å²) < 4.78 is 84.3. The van der Waals surface area contributed by atoms with E-state index in [4.69, 9.17) is 0 Å². The van der Waals surface area contributed by atoms with Gasteiger partial charge in [-0.25, -0.2) is 0 Å². The van der Waals surface area contributed by atoms with Crippen LogP contribution in [0.1, 0.15) is 82.1 Å². The molecule has 190 valence electrons. The van der Waals surface area contributed by atoms with E-state index in [2.05, 4.69) is 0 Å². The molecular formula is C26H34F6OSn. The predicted molar refractivity (Wildman–Crippen MR) is 128 cm³/mol. The minimum atomic E-state index is -4.92. The molecule has 0 bridgehead atoms. The van der Waals surface area contributed by atoms with Crippen molar-refractivity contribution in [3.8, 4) is 11.8 Å². The normalized spacial score (nSPS) is 13.2. The van der Waals surface area contributed by atoms with E-state index in [9.17, 15) is 31.1 Å². The average molecular weight is 595 g/mol. The molecule has 0 N–H and O–H groups in total. The molecule has 0 fully saturated rings. The van der Waals surface area contributed by atoms with Crippen LogP contribution in [-0.4, -0.2) is 36.5 Å². The van der Waals surface area contributed by atoms with Crippen molar-refractivity contribution in [2.75, 3.05) is 0 Å². The molecule has 0 spiro atoms. The van der Waals surface area contributed by atoms with Gasteiger partial charge in [0.15, 0.2) is 0 Å². The van der Waals surface area contributed by atoms with Crippen LogP contribution in [0.25, 0.3) is 5.57 Å². The first-order chi connectivity index (χ1) is 15.8. The molecule has 0 unspecified atom stereocenters. The van der Waals surface area contributed by atoms with E-state index in [1.54, 1.807) is 0 Å². The molecule has 0 aromatic heterocycles. The Labute approximate surface area is 203 Å². The Morgan fingerprint density at radius 1 is 0.794 bits per heavy atom. The third kappa shape index (κ3) is 9.31. The second-order valence-corrected chi connectivity index (χ2v) is 21.7. The topological polar surface area (TPSA) is 17.1 Å². The maximum atomic E-state index is 14.9. The van der Waals surface area contributed by atoms with Crippen molar-refractivity contribution in [3.05, 3.63) is 39.0 Å². The van der Waals surface area contributed by atoms with Gasteiger partial charge < -0.3 is 0 Å². The summed E-state index contributed by atoms with van der Waals surface area (Å²) >= 11 is -4.28. The summed E-state index contributed by atoms with van der Waals surface area (Å²) in [6, 6.07) is 5.28. The molecule has 1 nitrogen and oxygen atoms in total. The van der Waals surface area contributed by atoms with E-state index in [1.807, 2.05) is 26.7 Å².